The van der Waals surface area contributed by atoms with Crippen LogP contribution in [-0.4, -0.2) is 49.0 Å². The zero-order chi connectivity index (χ0) is 30.0. The largest absolute Gasteiger partial charge is 0.487 e. The third kappa shape index (κ3) is 6.62. The first kappa shape index (κ1) is 31.6. The smallest absolute Gasteiger partial charge is 0.243 e. The van der Waals surface area contributed by atoms with Gasteiger partial charge in [0, 0.05) is 29.7 Å². The van der Waals surface area contributed by atoms with Crippen molar-refractivity contribution in [2.24, 2.45) is 0 Å². The van der Waals surface area contributed by atoms with Crippen LogP contribution in [0.3, 0.4) is 0 Å². The Morgan fingerprint density at radius 1 is 0.932 bits per heavy atom. The third-order valence-electron chi connectivity index (χ3n) is 7.04. The van der Waals surface area contributed by atoms with Crippen molar-refractivity contribution in [3.8, 4) is 16.9 Å². The van der Waals surface area contributed by atoms with E-state index in [1.807, 2.05) is 18.2 Å². The Bertz CT molecular complexity index is 1910. The Kier molecular flexibility index (Phi) is 9.62. The molecule has 1 aromatic heterocycles. The molecule has 0 radical (unpaired) electrons. The second-order valence-electron chi connectivity index (χ2n) is 9.77. The molecule has 44 heavy (non-hydrogen) atoms. The molecular weight excluding hydrogens is 633 g/mol. The SMILES string of the molecule is Cl.O=S(=O)(c1ccc(-c2ccc3ncnc(Nc4ccc(OCc5cccc(F)c5F)c(Cl)c4)c3c2)cc1)N1CCOCC1. The van der Waals surface area contributed by atoms with Gasteiger partial charge in [0.25, 0.3) is 0 Å². The standard InChI is InChI=1S/C31H25ClF2N4O4S.ClH/c32-26-17-23(7-11-29(26)42-18-22-2-1-3-27(33)30(22)34)37-31-25-16-21(6-10-28(25)35-19-36-31)20-4-8-24(9-5-20)43(39,40)38-12-14-41-15-13-38;/h1-11,16-17,19H,12-15,18H2,(H,35,36,37);1H. The Morgan fingerprint density at radius 2 is 1.68 bits per heavy atom. The number of sulfonamides is 1. The first-order valence-corrected chi connectivity index (χ1v) is 15.2. The van der Waals surface area contributed by atoms with Crippen LogP contribution in [0.1, 0.15) is 5.56 Å². The number of aromatic nitrogens is 2. The Morgan fingerprint density at radius 3 is 2.43 bits per heavy atom. The molecule has 1 saturated heterocycles. The van der Waals surface area contributed by atoms with Gasteiger partial charge in [0.05, 0.1) is 28.6 Å². The van der Waals surface area contributed by atoms with Crippen molar-refractivity contribution in [1.29, 1.82) is 0 Å². The summed E-state index contributed by atoms with van der Waals surface area (Å²) in [5, 5.41) is 4.26. The van der Waals surface area contributed by atoms with E-state index in [1.54, 1.807) is 42.5 Å². The lowest BCUT2D eigenvalue weighted by molar-refractivity contribution is 0.0730. The number of fused-ring (bicyclic) bond motifs is 1. The lowest BCUT2D eigenvalue weighted by Gasteiger charge is -2.26. The number of anilines is 2. The summed E-state index contributed by atoms with van der Waals surface area (Å²) in [6, 6.07) is 21.4. The number of hydrogen-bond acceptors (Lipinski definition) is 7. The average Bonchev–Trinajstić information content (AvgIpc) is 3.03. The lowest BCUT2D eigenvalue weighted by atomic mass is 10.0. The number of benzene rings is 4. The highest BCUT2D eigenvalue weighted by molar-refractivity contribution is 7.89. The normalized spacial score (nSPS) is 13.8. The van der Waals surface area contributed by atoms with Gasteiger partial charge in [-0.05, 0) is 59.7 Å². The molecule has 0 aliphatic carbocycles. The lowest BCUT2D eigenvalue weighted by Crippen LogP contribution is -2.40. The number of nitrogens with one attached hydrogen (secondary N) is 1. The molecule has 1 N–H and O–H groups in total. The molecule has 228 valence electrons. The van der Waals surface area contributed by atoms with E-state index in [4.69, 9.17) is 21.1 Å². The molecule has 4 aromatic carbocycles. The molecule has 13 heteroatoms. The van der Waals surface area contributed by atoms with E-state index in [0.29, 0.717) is 49.1 Å². The van der Waals surface area contributed by atoms with Crippen LogP contribution in [0.5, 0.6) is 5.75 Å². The van der Waals surface area contributed by atoms with Crippen LogP contribution in [0.4, 0.5) is 20.3 Å². The quantitative estimate of drug-likeness (QED) is 0.192. The molecule has 0 amide bonds. The van der Waals surface area contributed by atoms with E-state index >= 15 is 0 Å². The number of halogens is 4. The molecule has 1 aliphatic heterocycles. The van der Waals surface area contributed by atoms with E-state index in [-0.39, 0.29) is 34.5 Å². The van der Waals surface area contributed by atoms with Crippen LogP contribution < -0.4 is 10.1 Å². The van der Waals surface area contributed by atoms with Crippen LogP contribution in [0.25, 0.3) is 22.0 Å². The van der Waals surface area contributed by atoms with Crippen molar-refractivity contribution in [2.45, 2.75) is 11.5 Å². The first-order valence-electron chi connectivity index (χ1n) is 13.3. The van der Waals surface area contributed by atoms with Gasteiger partial charge in [-0.2, -0.15) is 4.31 Å². The van der Waals surface area contributed by atoms with Crippen LogP contribution in [0.15, 0.2) is 90.1 Å². The van der Waals surface area contributed by atoms with Gasteiger partial charge in [-0.1, -0.05) is 41.9 Å². The summed E-state index contributed by atoms with van der Waals surface area (Å²) in [6.07, 6.45) is 1.45. The molecule has 5 aromatic rings. The van der Waals surface area contributed by atoms with Gasteiger partial charge in [0.15, 0.2) is 11.6 Å². The maximum absolute atomic E-state index is 14.0. The molecule has 1 aliphatic rings. The average molecular weight is 660 g/mol. The van der Waals surface area contributed by atoms with Crippen LogP contribution in [-0.2, 0) is 21.4 Å². The van der Waals surface area contributed by atoms with Crippen LogP contribution >= 0.6 is 24.0 Å². The Balaban J connectivity index is 0.00000384. The summed E-state index contributed by atoms with van der Waals surface area (Å²) >= 11 is 6.43. The molecule has 8 nitrogen and oxygen atoms in total. The van der Waals surface area contributed by atoms with Gasteiger partial charge in [0.1, 0.15) is 24.5 Å². The zero-order valence-electron chi connectivity index (χ0n) is 23.0. The maximum atomic E-state index is 14.0. The van der Waals surface area contributed by atoms with E-state index in [2.05, 4.69) is 15.3 Å². The van der Waals surface area contributed by atoms with E-state index in [1.165, 1.54) is 22.8 Å². The monoisotopic (exact) mass is 658 g/mol. The minimum Gasteiger partial charge on any atom is -0.487 e. The molecular formula is C31H26Cl2F2N4O4S. The second kappa shape index (κ2) is 13.4. The Labute approximate surface area is 264 Å². The predicted molar refractivity (Wildman–Crippen MR) is 167 cm³/mol. The molecule has 1 fully saturated rings. The van der Waals surface area contributed by atoms with Crippen molar-refractivity contribution in [2.75, 3.05) is 31.6 Å². The molecule has 6 rings (SSSR count). The van der Waals surface area contributed by atoms with Gasteiger partial charge in [-0.15, -0.1) is 12.4 Å². The molecule has 0 unspecified atom stereocenters. The summed E-state index contributed by atoms with van der Waals surface area (Å²) in [5.74, 6) is -1.06. The minimum atomic E-state index is -3.59. The van der Waals surface area contributed by atoms with E-state index < -0.39 is 21.7 Å². The number of hydrogen-bond donors (Lipinski definition) is 1. The summed E-state index contributed by atoms with van der Waals surface area (Å²) in [5.41, 5.74) is 3.09. The second-order valence-corrected chi connectivity index (χ2v) is 12.1. The number of nitrogens with zero attached hydrogens (tertiary/aromatic N) is 3. The minimum absolute atomic E-state index is 0. The highest BCUT2D eigenvalue weighted by atomic mass is 35.5. The van der Waals surface area contributed by atoms with Gasteiger partial charge in [0.2, 0.25) is 10.0 Å². The zero-order valence-corrected chi connectivity index (χ0v) is 25.4. The van der Waals surface area contributed by atoms with Gasteiger partial charge < -0.3 is 14.8 Å². The molecule has 0 bridgehead atoms. The van der Waals surface area contributed by atoms with Crippen LogP contribution in [0, 0.1) is 11.6 Å². The molecule has 0 saturated carbocycles. The van der Waals surface area contributed by atoms with Gasteiger partial charge >= 0.3 is 0 Å². The van der Waals surface area contributed by atoms with Gasteiger partial charge in [-0.3, -0.25) is 0 Å². The summed E-state index contributed by atoms with van der Waals surface area (Å²) in [6.45, 7) is 1.25. The predicted octanol–water partition coefficient (Wildman–Crippen LogP) is 6.99. The van der Waals surface area contributed by atoms with E-state index in [0.717, 1.165) is 22.6 Å². The molecule has 0 atom stereocenters. The highest BCUT2D eigenvalue weighted by Gasteiger charge is 2.26. The Hall–Kier alpha value is -3.87. The topological polar surface area (TPSA) is 93.7 Å². The van der Waals surface area contributed by atoms with Crippen molar-refractivity contribution in [3.63, 3.8) is 0 Å². The van der Waals surface area contributed by atoms with E-state index in [9.17, 15) is 17.2 Å². The first-order chi connectivity index (χ1) is 20.8. The highest BCUT2D eigenvalue weighted by Crippen LogP contribution is 2.33. The molecule has 2 heterocycles. The van der Waals surface area contributed by atoms with Crippen molar-refractivity contribution >= 4 is 56.4 Å². The van der Waals surface area contributed by atoms with Crippen molar-refractivity contribution in [3.05, 3.63) is 107 Å². The van der Waals surface area contributed by atoms with Crippen LogP contribution in [0.2, 0.25) is 5.02 Å². The van der Waals surface area contributed by atoms with Crippen molar-refractivity contribution in [1.82, 2.24) is 14.3 Å². The molecule has 0 spiro atoms. The maximum Gasteiger partial charge on any atom is 0.243 e. The summed E-state index contributed by atoms with van der Waals surface area (Å²) in [4.78, 5) is 9.01. The number of rotatable bonds is 8. The fourth-order valence-electron chi connectivity index (χ4n) is 4.74. The number of ether oxygens (including phenoxy) is 2. The summed E-state index contributed by atoms with van der Waals surface area (Å²) < 4.78 is 65.8. The number of morpholine rings is 1. The summed E-state index contributed by atoms with van der Waals surface area (Å²) in [7, 11) is -3.59. The fraction of sp³-hybridized carbons (Fsp3) is 0.161. The third-order valence-corrected chi connectivity index (χ3v) is 9.25. The van der Waals surface area contributed by atoms with Gasteiger partial charge in [-0.25, -0.2) is 27.2 Å². The van der Waals surface area contributed by atoms with Crippen molar-refractivity contribution < 1.29 is 26.7 Å². The fourth-order valence-corrected chi connectivity index (χ4v) is 6.38.